The number of likely N-dealkylation sites (tertiary alicyclic amines) is 1. The van der Waals surface area contributed by atoms with E-state index in [4.69, 9.17) is 0 Å². The van der Waals surface area contributed by atoms with E-state index in [1.165, 1.54) is 6.26 Å². The molecule has 7 heteroatoms. The summed E-state index contributed by atoms with van der Waals surface area (Å²) < 4.78 is 26.1. The third kappa shape index (κ3) is 4.52. The summed E-state index contributed by atoms with van der Waals surface area (Å²) in [6.07, 6.45) is 3.18. The number of nitrogens with zero attached hydrogens (tertiary/aromatic N) is 1. The topological polar surface area (TPSA) is 82.3 Å². The maximum Gasteiger partial charge on any atom is 0.252 e. The number of H-pyrrole nitrogens is 1. The minimum absolute atomic E-state index is 0.0760. The van der Waals surface area contributed by atoms with Crippen LogP contribution in [0.25, 0.3) is 10.9 Å². The molecule has 1 aliphatic heterocycles. The lowest BCUT2D eigenvalue weighted by Crippen LogP contribution is -2.39. The van der Waals surface area contributed by atoms with Crippen LogP contribution in [0.3, 0.4) is 0 Å². The van der Waals surface area contributed by atoms with Gasteiger partial charge in [-0.15, -0.1) is 0 Å². The zero-order chi connectivity index (χ0) is 18.9. The highest BCUT2D eigenvalue weighted by Crippen LogP contribution is 2.24. The molecule has 0 bridgehead atoms. The van der Waals surface area contributed by atoms with Gasteiger partial charge >= 0.3 is 0 Å². The molecule has 2 heterocycles. The number of hydrogen-bond acceptors (Lipinski definition) is 4. The highest BCUT2D eigenvalue weighted by atomic mass is 32.2. The third-order valence-electron chi connectivity index (χ3n) is 5.01. The van der Waals surface area contributed by atoms with Crippen LogP contribution in [-0.4, -0.2) is 43.7 Å². The molecule has 0 radical (unpaired) electrons. The minimum Gasteiger partial charge on any atom is -0.322 e. The van der Waals surface area contributed by atoms with Gasteiger partial charge in [-0.3, -0.25) is 9.69 Å². The Bertz CT molecular complexity index is 952. The number of nitrogens with one attached hydrogen (secondary N) is 2. The number of pyridine rings is 1. The molecule has 0 amide bonds. The Labute approximate surface area is 154 Å². The first kappa shape index (κ1) is 19.1. The average molecular weight is 378 g/mol. The zero-order valence-corrected chi connectivity index (χ0v) is 16.4. The summed E-state index contributed by atoms with van der Waals surface area (Å²) in [5.74, 6) is 0.275. The van der Waals surface area contributed by atoms with Crippen LogP contribution in [-0.2, 0) is 16.6 Å². The van der Waals surface area contributed by atoms with E-state index in [1.807, 2.05) is 25.1 Å². The van der Waals surface area contributed by atoms with Crippen molar-refractivity contribution < 1.29 is 8.42 Å². The number of benzene rings is 1. The van der Waals surface area contributed by atoms with Crippen LogP contribution in [0.1, 0.15) is 30.9 Å². The van der Waals surface area contributed by atoms with Gasteiger partial charge in [0.25, 0.3) is 5.56 Å². The van der Waals surface area contributed by atoms with Crippen molar-refractivity contribution in [3.8, 4) is 0 Å². The van der Waals surface area contributed by atoms with Crippen LogP contribution in [0.5, 0.6) is 0 Å². The molecular weight excluding hydrogens is 350 g/mol. The lowest BCUT2D eigenvalue weighted by atomic mass is 9.99. The van der Waals surface area contributed by atoms with E-state index in [0.29, 0.717) is 13.1 Å². The monoisotopic (exact) mass is 377 g/mol. The maximum absolute atomic E-state index is 12.4. The molecule has 1 aliphatic rings. The fourth-order valence-electron chi connectivity index (χ4n) is 3.89. The molecule has 3 rings (SSSR count). The summed E-state index contributed by atoms with van der Waals surface area (Å²) in [6.45, 7) is 6.09. The van der Waals surface area contributed by atoms with Crippen molar-refractivity contribution >= 4 is 20.9 Å². The summed E-state index contributed by atoms with van der Waals surface area (Å²) in [6, 6.07) is 7.83. The number of rotatable bonds is 6. The molecular formula is C19H27N3O3S. The summed E-state index contributed by atoms with van der Waals surface area (Å²) in [5, 5.41) is 1.02. The summed E-state index contributed by atoms with van der Waals surface area (Å²) in [4.78, 5) is 17.6. The van der Waals surface area contributed by atoms with Crippen LogP contribution >= 0.6 is 0 Å². The molecule has 0 spiro atoms. The first-order chi connectivity index (χ1) is 12.2. The quantitative estimate of drug-likeness (QED) is 0.807. The van der Waals surface area contributed by atoms with E-state index < -0.39 is 10.0 Å². The standard InChI is InChI=1S/C19H27N3O3S/c1-4-5-14-10-22(12-18(14)21-26(3,24)25)11-16-9-15-8-13(2)6-7-17(15)20-19(16)23/h6-9,14,18,21H,4-5,10-12H2,1-3H3,(H,20,23)/t14-,18-/m1/s1. The minimum atomic E-state index is -3.24. The highest BCUT2D eigenvalue weighted by molar-refractivity contribution is 7.88. The molecule has 26 heavy (non-hydrogen) atoms. The van der Waals surface area contributed by atoms with Crippen LogP contribution < -0.4 is 10.3 Å². The Kier molecular flexibility index (Phi) is 5.50. The number of aryl methyl sites for hydroxylation is 1. The molecule has 1 aromatic carbocycles. The molecule has 2 N–H and O–H groups in total. The van der Waals surface area contributed by atoms with Gasteiger partial charge in [-0.05, 0) is 42.8 Å². The first-order valence-electron chi connectivity index (χ1n) is 9.07. The second kappa shape index (κ2) is 7.50. The molecule has 2 atom stereocenters. The van der Waals surface area contributed by atoms with Crippen molar-refractivity contribution in [3.63, 3.8) is 0 Å². The van der Waals surface area contributed by atoms with Gasteiger partial charge in [0, 0.05) is 36.8 Å². The zero-order valence-electron chi connectivity index (χ0n) is 15.6. The number of aromatic nitrogens is 1. The predicted molar refractivity (Wildman–Crippen MR) is 105 cm³/mol. The fraction of sp³-hybridized carbons (Fsp3) is 0.526. The van der Waals surface area contributed by atoms with E-state index in [-0.39, 0.29) is 17.5 Å². The molecule has 0 saturated carbocycles. The SMILES string of the molecule is CCC[C@@H]1CN(Cc2cc3cc(C)ccc3[nH]c2=O)C[C@H]1NS(C)(=O)=O. The van der Waals surface area contributed by atoms with Crippen LogP contribution in [0.4, 0.5) is 0 Å². The lowest BCUT2D eigenvalue weighted by Gasteiger charge is -2.17. The van der Waals surface area contributed by atoms with Crippen LogP contribution in [0, 0.1) is 12.8 Å². The van der Waals surface area contributed by atoms with Crippen molar-refractivity contribution in [2.24, 2.45) is 5.92 Å². The van der Waals surface area contributed by atoms with Crippen molar-refractivity contribution in [2.75, 3.05) is 19.3 Å². The molecule has 2 aromatic rings. The second-order valence-electron chi connectivity index (χ2n) is 7.45. The number of aromatic amines is 1. The van der Waals surface area contributed by atoms with E-state index in [2.05, 4.69) is 27.6 Å². The predicted octanol–water partition coefficient (Wildman–Crippen LogP) is 1.99. The maximum atomic E-state index is 12.4. The van der Waals surface area contributed by atoms with Gasteiger partial charge in [0.15, 0.2) is 0 Å². The summed E-state index contributed by atoms with van der Waals surface area (Å²) >= 11 is 0. The Balaban J connectivity index is 1.81. The van der Waals surface area contributed by atoms with Crippen LogP contribution in [0.15, 0.2) is 29.1 Å². The number of fused-ring (bicyclic) bond motifs is 1. The van der Waals surface area contributed by atoms with E-state index >= 15 is 0 Å². The largest absolute Gasteiger partial charge is 0.322 e. The van der Waals surface area contributed by atoms with Gasteiger partial charge in [-0.2, -0.15) is 0 Å². The smallest absolute Gasteiger partial charge is 0.252 e. The van der Waals surface area contributed by atoms with Gasteiger partial charge in [-0.25, -0.2) is 13.1 Å². The lowest BCUT2D eigenvalue weighted by molar-refractivity contribution is 0.311. The fourth-order valence-corrected chi connectivity index (χ4v) is 4.71. The average Bonchev–Trinajstić information content (AvgIpc) is 2.88. The Hall–Kier alpha value is -1.70. The highest BCUT2D eigenvalue weighted by Gasteiger charge is 2.34. The van der Waals surface area contributed by atoms with Crippen molar-refractivity contribution in [3.05, 3.63) is 45.7 Å². The van der Waals surface area contributed by atoms with E-state index in [0.717, 1.165) is 41.4 Å². The Morgan fingerprint density at radius 2 is 2.04 bits per heavy atom. The van der Waals surface area contributed by atoms with Crippen molar-refractivity contribution in [1.29, 1.82) is 0 Å². The Morgan fingerprint density at radius 1 is 1.27 bits per heavy atom. The third-order valence-corrected chi connectivity index (χ3v) is 5.74. The van der Waals surface area contributed by atoms with Gasteiger partial charge in [0.05, 0.1) is 6.26 Å². The molecule has 1 fully saturated rings. The van der Waals surface area contributed by atoms with Gasteiger partial charge in [0.2, 0.25) is 10.0 Å². The van der Waals surface area contributed by atoms with Crippen molar-refractivity contribution in [2.45, 2.75) is 39.3 Å². The van der Waals surface area contributed by atoms with E-state index in [9.17, 15) is 13.2 Å². The number of sulfonamides is 1. The number of hydrogen-bond donors (Lipinski definition) is 2. The summed E-state index contributed by atoms with van der Waals surface area (Å²) in [7, 11) is -3.24. The Morgan fingerprint density at radius 3 is 2.73 bits per heavy atom. The molecule has 1 aromatic heterocycles. The van der Waals surface area contributed by atoms with Crippen molar-refractivity contribution in [1.82, 2.24) is 14.6 Å². The molecule has 142 valence electrons. The molecule has 0 aliphatic carbocycles. The van der Waals surface area contributed by atoms with E-state index in [1.54, 1.807) is 0 Å². The van der Waals surface area contributed by atoms with Gasteiger partial charge in [0.1, 0.15) is 0 Å². The summed E-state index contributed by atoms with van der Waals surface area (Å²) in [5.41, 5.74) is 2.63. The molecule has 6 nitrogen and oxygen atoms in total. The molecule has 0 unspecified atom stereocenters. The first-order valence-corrected chi connectivity index (χ1v) is 11.0. The molecule has 1 saturated heterocycles. The van der Waals surface area contributed by atoms with Gasteiger partial charge < -0.3 is 4.98 Å². The van der Waals surface area contributed by atoms with Gasteiger partial charge in [-0.1, -0.05) is 25.0 Å². The second-order valence-corrected chi connectivity index (χ2v) is 9.23. The van der Waals surface area contributed by atoms with Crippen LogP contribution in [0.2, 0.25) is 0 Å². The normalized spacial score (nSPS) is 21.5.